The molecule has 66 heavy (non-hydrogen) atoms. The van der Waals surface area contributed by atoms with Gasteiger partial charge in [0.15, 0.2) is 22.3 Å². The van der Waals surface area contributed by atoms with Crippen molar-refractivity contribution in [3.63, 3.8) is 0 Å². The van der Waals surface area contributed by atoms with Gasteiger partial charge in [0.1, 0.15) is 40.9 Å². The number of anilines is 1. The summed E-state index contributed by atoms with van der Waals surface area (Å²) in [5, 5.41) is 43.6. The molecular formula is C49H62N4O13. The van der Waals surface area contributed by atoms with Crippen LogP contribution >= 0.6 is 0 Å². The fourth-order valence-electron chi connectivity index (χ4n) is 8.25. The average molecular weight is 915 g/mol. The minimum atomic E-state index is -2.05. The monoisotopic (exact) mass is 914 g/mol. The van der Waals surface area contributed by atoms with Crippen molar-refractivity contribution < 1.29 is 57.8 Å². The summed E-state index contributed by atoms with van der Waals surface area (Å²) in [6.07, 6.45) is 3.58. The Hall–Kier alpha value is -5.85. The molecule has 2 aliphatic rings. The van der Waals surface area contributed by atoms with Gasteiger partial charge in [0.25, 0.3) is 11.7 Å². The highest BCUT2D eigenvalue weighted by Crippen LogP contribution is 2.48. The van der Waals surface area contributed by atoms with Crippen molar-refractivity contribution in [3.05, 3.63) is 75.7 Å². The van der Waals surface area contributed by atoms with Crippen molar-refractivity contribution in [3.8, 4) is 17.2 Å². The van der Waals surface area contributed by atoms with Gasteiger partial charge in [0, 0.05) is 93.4 Å². The molecule has 0 unspecified atom stereocenters. The van der Waals surface area contributed by atoms with Gasteiger partial charge in [-0.25, -0.2) is 4.98 Å². The molecule has 8 atom stereocenters. The number of methoxy groups -OCH3 is 1. The molecule has 3 heterocycles. The molecule has 0 fully saturated rings. The van der Waals surface area contributed by atoms with Crippen LogP contribution in [-0.2, 0) is 23.8 Å². The third kappa shape index (κ3) is 10.4. The number of aromatic nitrogens is 1. The smallest absolute Gasteiger partial charge is 0.312 e. The van der Waals surface area contributed by atoms with Crippen molar-refractivity contribution in [1.82, 2.24) is 15.6 Å². The zero-order chi connectivity index (χ0) is 48.2. The van der Waals surface area contributed by atoms with Gasteiger partial charge in [0.2, 0.25) is 0 Å². The van der Waals surface area contributed by atoms with Crippen LogP contribution in [0.3, 0.4) is 0 Å². The molecule has 0 spiro atoms. The van der Waals surface area contributed by atoms with Gasteiger partial charge in [-0.05, 0) is 32.1 Å². The van der Waals surface area contributed by atoms with E-state index in [0.717, 1.165) is 13.1 Å². The maximum atomic E-state index is 14.7. The highest BCUT2D eigenvalue weighted by atomic mass is 16.7. The Bertz CT molecular complexity index is 2640. The molecule has 6 N–H and O–H groups in total. The molecule has 1 amide bonds. The molecular weight excluding hydrogens is 853 g/mol. The first-order chi connectivity index (χ1) is 31.3. The quantitative estimate of drug-likeness (QED) is 0.0367. The number of ketones is 1. The number of benzene rings is 3. The van der Waals surface area contributed by atoms with Gasteiger partial charge in [-0.15, -0.1) is 0 Å². The molecule has 2 aliphatic heterocycles. The summed E-state index contributed by atoms with van der Waals surface area (Å²) < 4.78 is 36.2. The molecule has 0 radical (unpaired) electrons. The van der Waals surface area contributed by atoms with Crippen LogP contribution in [0.2, 0.25) is 0 Å². The summed E-state index contributed by atoms with van der Waals surface area (Å²) in [6.45, 7) is 17.5. The van der Waals surface area contributed by atoms with E-state index in [1.807, 2.05) is 0 Å². The number of Topliss-reactive ketones (excluding diaryl/α,β-unsaturated/α-hetero) is 1. The molecule has 17 nitrogen and oxygen atoms in total. The number of carbonyl (C=O) groups excluding carboxylic acids is 3. The number of carbonyl (C=O) groups is 3. The third-order valence-corrected chi connectivity index (χ3v) is 12.2. The second kappa shape index (κ2) is 20.8. The van der Waals surface area contributed by atoms with E-state index in [-0.39, 0.29) is 62.0 Å². The maximum Gasteiger partial charge on any atom is 0.312 e. The number of phenols is 1. The SMILES string of the molecule is CO[C@H]1/C=C/O[C@@]2(C)Oc3c(C)c(=O)c4c(O)c(c5oc6cc(OCCNCCNC(C)C)ccc6nc5c4c3C2=O)NC(=O)/C(C)=C\C=C\[C@H](C)[C@H](O)C[C@@H](O)[C@@H](C)[C@H](OC(C)=O)[C@@H]1C. The Balaban J connectivity index is 1.50. The van der Waals surface area contributed by atoms with Gasteiger partial charge in [-0.3, -0.25) is 19.2 Å². The lowest BCUT2D eigenvalue weighted by Gasteiger charge is -2.35. The molecule has 4 bridgehead atoms. The molecule has 3 aromatic carbocycles. The van der Waals surface area contributed by atoms with Crippen molar-refractivity contribution in [1.29, 1.82) is 0 Å². The van der Waals surface area contributed by atoms with E-state index >= 15 is 0 Å². The van der Waals surface area contributed by atoms with Crippen molar-refractivity contribution in [2.75, 3.05) is 38.7 Å². The van der Waals surface area contributed by atoms with Crippen molar-refractivity contribution in [2.45, 2.75) is 105 Å². The van der Waals surface area contributed by atoms with Crippen LogP contribution in [0.15, 0.2) is 63.6 Å². The first-order valence-corrected chi connectivity index (χ1v) is 22.2. The van der Waals surface area contributed by atoms with Crippen LogP contribution < -0.4 is 30.9 Å². The fraction of sp³-hybridized carbons (Fsp3) is 0.490. The molecule has 4 aromatic rings. The lowest BCUT2D eigenvalue weighted by molar-refractivity contribution is -0.158. The van der Waals surface area contributed by atoms with E-state index in [1.54, 1.807) is 51.1 Å². The molecule has 1 aromatic heterocycles. The normalized spacial score (nSPS) is 27.1. The maximum absolute atomic E-state index is 14.7. The average Bonchev–Trinajstić information content (AvgIpc) is 3.54. The zero-order valence-electron chi connectivity index (χ0n) is 39.1. The summed E-state index contributed by atoms with van der Waals surface area (Å²) in [6, 6.07) is 5.36. The number of fused-ring (bicyclic) bond motifs is 2. The van der Waals surface area contributed by atoms with Crippen LogP contribution in [0.5, 0.6) is 17.2 Å². The Morgan fingerprint density at radius 3 is 2.47 bits per heavy atom. The van der Waals surface area contributed by atoms with Gasteiger partial charge < -0.3 is 59.4 Å². The minimum absolute atomic E-state index is 0.0116. The predicted octanol–water partition coefficient (Wildman–Crippen LogP) is 5.72. The summed E-state index contributed by atoms with van der Waals surface area (Å²) in [5.41, 5.74) is -0.551. The number of phenolic OH excluding ortho intramolecular Hbond substituents is 1. The van der Waals surface area contributed by atoms with E-state index in [4.69, 9.17) is 33.1 Å². The topological polar surface area (TPSA) is 237 Å². The number of hydrogen-bond acceptors (Lipinski definition) is 16. The third-order valence-electron chi connectivity index (χ3n) is 12.2. The Kier molecular flexibility index (Phi) is 15.6. The van der Waals surface area contributed by atoms with E-state index in [0.29, 0.717) is 30.5 Å². The summed E-state index contributed by atoms with van der Waals surface area (Å²) in [7, 11) is 1.44. The highest BCUT2D eigenvalue weighted by molar-refractivity contribution is 6.26. The van der Waals surface area contributed by atoms with Crippen LogP contribution in [0.1, 0.15) is 77.7 Å². The zero-order valence-corrected chi connectivity index (χ0v) is 39.1. The predicted molar refractivity (Wildman–Crippen MR) is 249 cm³/mol. The van der Waals surface area contributed by atoms with E-state index < -0.39 is 76.8 Å². The molecule has 0 saturated carbocycles. The van der Waals surface area contributed by atoms with E-state index in [9.17, 15) is 34.5 Å². The molecule has 0 saturated heterocycles. The van der Waals surface area contributed by atoms with E-state index in [2.05, 4.69) is 29.8 Å². The number of allylic oxidation sites excluding steroid dienone is 2. The highest BCUT2D eigenvalue weighted by Gasteiger charge is 2.49. The molecule has 356 valence electrons. The Morgan fingerprint density at radius 1 is 1.03 bits per heavy atom. The summed E-state index contributed by atoms with van der Waals surface area (Å²) >= 11 is 0. The van der Waals surface area contributed by atoms with Crippen LogP contribution in [0, 0.1) is 24.7 Å². The lowest BCUT2D eigenvalue weighted by atomic mass is 9.83. The Labute approximate surface area is 383 Å². The largest absolute Gasteiger partial charge is 0.505 e. The summed E-state index contributed by atoms with van der Waals surface area (Å²) in [5.74, 6) is -6.07. The number of aromatic hydroxyl groups is 1. The number of nitrogens with zero attached hydrogens (tertiary/aromatic N) is 1. The minimum Gasteiger partial charge on any atom is -0.505 e. The number of amides is 1. The molecule has 6 rings (SSSR count). The number of aliphatic hydroxyl groups is 2. The number of rotatable bonds is 10. The number of nitrogens with one attached hydrogen (secondary N) is 3. The van der Waals surface area contributed by atoms with Gasteiger partial charge in [-0.1, -0.05) is 52.8 Å². The van der Waals surface area contributed by atoms with E-state index in [1.165, 1.54) is 53.2 Å². The van der Waals surface area contributed by atoms with Gasteiger partial charge in [0.05, 0.1) is 35.5 Å². The first kappa shape index (κ1) is 49.6. The standard InChI is InChI=1S/C49H62N4O13/c1-24(2)51-18-17-50-19-21-62-31-14-15-32-36(22-31)65-46-40(52-32)37-38-42(57)29(7)45-39(37)47(59)49(9,66-45)63-20-16-35(61-10)28(6)44(64-30(8)54)27(5)34(56)23-33(55)25(3)12-11-13-26(4)48(60)53-41(46)43(38)58/h11-16,20,22,24-25,27-28,33-35,44,50-51,55-56,58H,17-19,21,23H2,1-10H3,(H,53,60)/b12-11+,20-16+,26-13-/t25-,27+,28+,33+,34+,35-,44-,49-/m0/s1. The Morgan fingerprint density at radius 2 is 1.77 bits per heavy atom. The number of esters is 1. The van der Waals surface area contributed by atoms with Crippen molar-refractivity contribution >= 4 is 56.3 Å². The second-order valence-electron chi connectivity index (χ2n) is 17.6. The van der Waals surface area contributed by atoms with Crippen LogP contribution in [0.25, 0.3) is 33.0 Å². The first-order valence-electron chi connectivity index (χ1n) is 22.2. The summed E-state index contributed by atoms with van der Waals surface area (Å²) in [4.78, 5) is 60.2. The number of ether oxygens (including phenoxy) is 5. The van der Waals surface area contributed by atoms with Crippen LogP contribution in [0.4, 0.5) is 5.69 Å². The molecule has 17 heteroatoms. The van der Waals surface area contributed by atoms with Crippen LogP contribution in [-0.4, -0.2) is 108 Å². The number of aliphatic hydroxyl groups excluding tert-OH is 2. The lowest BCUT2D eigenvalue weighted by Crippen LogP contribution is -2.43. The van der Waals surface area contributed by atoms with Gasteiger partial charge >= 0.3 is 11.8 Å². The molecule has 0 aliphatic carbocycles. The van der Waals surface area contributed by atoms with Crippen molar-refractivity contribution in [2.24, 2.45) is 17.8 Å². The fourth-order valence-corrected chi connectivity index (χ4v) is 8.25. The second-order valence-corrected chi connectivity index (χ2v) is 17.6. The van der Waals surface area contributed by atoms with Gasteiger partial charge in [-0.2, -0.15) is 0 Å². The number of hydrogen-bond donors (Lipinski definition) is 6.